The summed E-state index contributed by atoms with van der Waals surface area (Å²) in [6.45, 7) is 9.25. The summed E-state index contributed by atoms with van der Waals surface area (Å²) in [7, 11) is 0. The van der Waals surface area contributed by atoms with Gasteiger partial charge in [-0.15, -0.1) is 0 Å². The molecule has 1 aromatic carbocycles. The molecule has 38 heavy (non-hydrogen) atoms. The van der Waals surface area contributed by atoms with Gasteiger partial charge in [0, 0.05) is 46.3 Å². The molecule has 0 saturated carbocycles. The second-order valence-corrected chi connectivity index (χ2v) is 10.4. The lowest BCUT2D eigenvalue weighted by molar-refractivity contribution is -0.160. The van der Waals surface area contributed by atoms with Crippen molar-refractivity contribution in [1.82, 2.24) is 19.6 Å². The summed E-state index contributed by atoms with van der Waals surface area (Å²) in [5.41, 5.74) is 3.38. The number of carboxylic acids is 1. The summed E-state index contributed by atoms with van der Waals surface area (Å²) in [5, 5.41) is 14.9. The quantitative estimate of drug-likeness (QED) is 0.340. The van der Waals surface area contributed by atoms with Crippen LogP contribution in [0.3, 0.4) is 0 Å². The zero-order valence-corrected chi connectivity index (χ0v) is 21.8. The van der Waals surface area contributed by atoms with E-state index in [-0.39, 0.29) is 11.3 Å². The molecule has 0 bridgehead atoms. The molecule has 10 heteroatoms. The monoisotopic (exact) mass is 522 g/mol. The van der Waals surface area contributed by atoms with E-state index in [0.717, 1.165) is 17.5 Å². The van der Waals surface area contributed by atoms with Gasteiger partial charge in [0.1, 0.15) is 0 Å². The van der Waals surface area contributed by atoms with Crippen molar-refractivity contribution in [2.75, 3.05) is 6.61 Å². The number of aliphatic carboxylic acids is 1. The van der Waals surface area contributed by atoms with Gasteiger partial charge in [0.2, 0.25) is 5.95 Å². The van der Waals surface area contributed by atoms with Gasteiger partial charge in [-0.05, 0) is 65.2 Å². The normalized spacial score (nSPS) is 14.3. The maximum Gasteiger partial charge on any atom is 0.337 e. The van der Waals surface area contributed by atoms with E-state index < -0.39 is 29.4 Å². The Labute approximate surface area is 218 Å². The molecule has 0 aliphatic carbocycles. The van der Waals surface area contributed by atoms with Gasteiger partial charge >= 0.3 is 5.97 Å². The Hall–Kier alpha value is -3.92. The minimum Gasteiger partial charge on any atom is -0.490 e. The molecule has 198 valence electrons. The molecule has 0 saturated heterocycles. The summed E-state index contributed by atoms with van der Waals surface area (Å²) < 4.78 is 42.4. The molecule has 0 spiro atoms. The first-order chi connectivity index (χ1) is 17.9. The average molecular weight is 523 g/mol. The average Bonchev–Trinajstić information content (AvgIpc) is 3.27. The highest BCUT2D eigenvalue weighted by Crippen LogP contribution is 2.42. The van der Waals surface area contributed by atoms with Crippen molar-refractivity contribution >= 4 is 11.6 Å². The van der Waals surface area contributed by atoms with Crippen LogP contribution >= 0.6 is 0 Å². The largest absolute Gasteiger partial charge is 0.490 e. The molecule has 0 fully saturated rings. The van der Waals surface area contributed by atoms with Gasteiger partial charge in [-0.2, -0.15) is 9.49 Å². The van der Waals surface area contributed by atoms with Crippen molar-refractivity contribution in [1.29, 1.82) is 0 Å². The first kappa shape index (κ1) is 25.7. The van der Waals surface area contributed by atoms with Gasteiger partial charge in [0.15, 0.2) is 23.3 Å². The lowest BCUT2D eigenvalue weighted by Crippen LogP contribution is -2.29. The fourth-order valence-corrected chi connectivity index (χ4v) is 4.90. The van der Waals surface area contributed by atoms with Crippen molar-refractivity contribution in [2.24, 2.45) is 0 Å². The predicted molar refractivity (Wildman–Crippen MR) is 136 cm³/mol. The highest BCUT2D eigenvalue weighted by atomic mass is 19.1. The molecule has 1 aliphatic heterocycles. The van der Waals surface area contributed by atoms with Crippen LogP contribution in [0.5, 0.6) is 5.75 Å². The number of hydrogen-bond donors (Lipinski definition) is 1. The number of fused-ring (bicyclic) bond motifs is 2. The van der Waals surface area contributed by atoms with E-state index in [9.17, 15) is 14.3 Å². The Balaban J connectivity index is 1.87. The molecule has 4 aromatic rings. The van der Waals surface area contributed by atoms with Gasteiger partial charge in [-0.1, -0.05) is 0 Å². The smallest absolute Gasteiger partial charge is 0.337 e. The molecule has 1 unspecified atom stereocenters. The number of pyridine rings is 1. The first-order valence-corrected chi connectivity index (χ1v) is 12.3. The third-order valence-electron chi connectivity index (χ3n) is 6.50. The van der Waals surface area contributed by atoms with Crippen molar-refractivity contribution < 1.29 is 28.2 Å². The Kier molecular flexibility index (Phi) is 6.38. The van der Waals surface area contributed by atoms with Crippen LogP contribution in [0.25, 0.3) is 28.2 Å². The van der Waals surface area contributed by atoms with E-state index in [1.807, 2.05) is 6.92 Å². The van der Waals surface area contributed by atoms with Crippen LogP contribution < -0.4 is 4.74 Å². The first-order valence-electron chi connectivity index (χ1n) is 12.3. The van der Waals surface area contributed by atoms with Crippen LogP contribution in [0.15, 0.2) is 30.5 Å². The maximum atomic E-state index is 15.4. The fourth-order valence-electron chi connectivity index (χ4n) is 4.90. The van der Waals surface area contributed by atoms with Crippen molar-refractivity contribution in [3.8, 4) is 28.3 Å². The molecule has 5 rings (SSSR count). The molecular weight excluding hydrogens is 494 g/mol. The molecule has 3 aromatic heterocycles. The van der Waals surface area contributed by atoms with Gasteiger partial charge in [0.05, 0.1) is 23.6 Å². The standard InChI is InChI=1S/C28H28F2N4O4/c1-14-17-7-6-10-37-25(17)19(29)12-18(14)24-23(26(27(35)36)38-28(3,4)5)15(2)32-22-13-20(33-34(22)24)16-8-9-31-21(30)11-16/h8-9,11-13,26H,6-7,10H2,1-5H3,(H,35,36). The number of aromatic nitrogens is 4. The molecule has 0 amide bonds. The van der Waals surface area contributed by atoms with Crippen LogP contribution in [0.2, 0.25) is 0 Å². The Morgan fingerprint density at radius 3 is 2.66 bits per heavy atom. The van der Waals surface area contributed by atoms with Crippen LogP contribution in [-0.2, 0) is 16.0 Å². The van der Waals surface area contributed by atoms with Crippen LogP contribution in [0.4, 0.5) is 8.78 Å². The van der Waals surface area contributed by atoms with E-state index in [4.69, 9.17) is 9.47 Å². The molecule has 1 atom stereocenters. The van der Waals surface area contributed by atoms with Crippen molar-refractivity contribution in [3.63, 3.8) is 0 Å². The van der Waals surface area contributed by atoms with Crippen molar-refractivity contribution in [2.45, 2.75) is 59.2 Å². The van der Waals surface area contributed by atoms with E-state index in [2.05, 4.69) is 15.1 Å². The number of carboxylic acid groups (broad SMARTS) is 1. The molecule has 4 heterocycles. The number of carbonyl (C=O) groups is 1. The maximum absolute atomic E-state index is 15.4. The summed E-state index contributed by atoms with van der Waals surface area (Å²) in [5.74, 6) is -2.20. The molecular formula is C28H28F2N4O4. The van der Waals surface area contributed by atoms with Crippen LogP contribution in [0, 0.1) is 25.6 Å². The summed E-state index contributed by atoms with van der Waals surface area (Å²) in [6.07, 6.45) is 1.28. The number of hydrogen-bond acceptors (Lipinski definition) is 6. The summed E-state index contributed by atoms with van der Waals surface area (Å²) in [6, 6.07) is 5.88. The number of aryl methyl sites for hydroxylation is 1. The fraction of sp³-hybridized carbons (Fsp3) is 0.357. The number of ether oxygens (including phenoxy) is 2. The second kappa shape index (κ2) is 9.43. The lowest BCUT2D eigenvalue weighted by atomic mass is 9.91. The third kappa shape index (κ3) is 4.60. The zero-order valence-electron chi connectivity index (χ0n) is 21.8. The molecule has 1 N–H and O–H groups in total. The summed E-state index contributed by atoms with van der Waals surface area (Å²) >= 11 is 0. The zero-order chi connectivity index (χ0) is 27.4. The Morgan fingerprint density at radius 1 is 1.21 bits per heavy atom. The SMILES string of the molecule is Cc1nc2cc(-c3ccnc(F)c3)nn2c(-c2cc(F)c3c(c2C)CCCO3)c1C(OC(C)(C)C)C(=O)O. The third-order valence-corrected chi connectivity index (χ3v) is 6.50. The van der Waals surface area contributed by atoms with Gasteiger partial charge in [-0.25, -0.2) is 23.7 Å². The summed E-state index contributed by atoms with van der Waals surface area (Å²) in [4.78, 5) is 20.8. The number of rotatable bonds is 5. The minimum absolute atomic E-state index is 0.218. The number of nitrogens with zero attached hydrogens (tertiary/aromatic N) is 4. The van der Waals surface area contributed by atoms with Gasteiger partial charge < -0.3 is 14.6 Å². The lowest BCUT2D eigenvalue weighted by Gasteiger charge is -2.28. The molecule has 1 aliphatic rings. The van der Waals surface area contributed by atoms with Crippen LogP contribution in [-0.4, -0.2) is 42.9 Å². The van der Waals surface area contributed by atoms with Gasteiger partial charge in [-0.3, -0.25) is 0 Å². The highest BCUT2D eigenvalue weighted by Gasteiger charge is 2.34. The number of halogens is 2. The molecule has 8 nitrogen and oxygen atoms in total. The van der Waals surface area contributed by atoms with E-state index in [0.29, 0.717) is 46.9 Å². The Bertz CT molecular complexity index is 1580. The topological polar surface area (TPSA) is 98.8 Å². The van der Waals surface area contributed by atoms with E-state index in [1.165, 1.54) is 22.8 Å². The van der Waals surface area contributed by atoms with Crippen LogP contribution in [0.1, 0.15) is 55.7 Å². The second-order valence-electron chi connectivity index (χ2n) is 10.4. The van der Waals surface area contributed by atoms with E-state index >= 15 is 4.39 Å². The molecule has 0 radical (unpaired) electrons. The predicted octanol–water partition coefficient (Wildman–Crippen LogP) is 5.62. The van der Waals surface area contributed by atoms with Gasteiger partial charge in [0.25, 0.3) is 0 Å². The van der Waals surface area contributed by atoms with E-state index in [1.54, 1.807) is 39.8 Å². The Morgan fingerprint density at radius 2 is 1.97 bits per heavy atom. The van der Waals surface area contributed by atoms with Crippen molar-refractivity contribution in [3.05, 3.63) is 64.6 Å². The minimum atomic E-state index is -1.41. The number of benzene rings is 1. The highest BCUT2D eigenvalue weighted by molar-refractivity contribution is 5.82.